The number of amides is 1. The summed E-state index contributed by atoms with van der Waals surface area (Å²) in [6.07, 6.45) is 8.87. The summed E-state index contributed by atoms with van der Waals surface area (Å²) in [5, 5.41) is 10.3. The lowest BCUT2D eigenvalue weighted by Gasteiger charge is -2.47. The van der Waals surface area contributed by atoms with Crippen molar-refractivity contribution in [1.29, 1.82) is 0 Å². The highest BCUT2D eigenvalue weighted by Crippen LogP contribution is 2.29. The van der Waals surface area contributed by atoms with Crippen LogP contribution in [0.5, 0.6) is 0 Å². The lowest BCUT2D eigenvalue weighted by molar-refractivity contribution is -0.151. The van der Waals surface area contributed by atoms with E-state index in [9.17, 15) is 9.90 Å². The van der Waals surface area contributed by atoms with Crippen molar-refractivity contribution in [2.75, 3.05) is 26.2 Å². The summed E-state index contributed by atoms with van der Waals surface area (Å²) in [6.45, 7) is 4.06. The van der Waals surface area contributed by atoms with E-state index >= 15 is 0 Å². The SMILES string of the molecule is O=C([C@H](O)C1CCCCC1)N1CC(N2CCCCC2)C1. The van der Waals surface area contributed by atoms with Gasteiger partial charge in [0.25, 0.3) is 5.91 Å². The third-order valence-electron chi connectivity index (χ3n) is 5.43. The Labute approximate surface area is 122 Å². The number of aliphatic hydroxyl groups excluding tert-OH is 1. The predicted molar refractivity (Wildman–Crippen MR) is 78.4 cm³/mol. The van der Waals surface area contributed by atoms with E-state index in [4.69, 9.17) is 0 Å². The summed E-state index contributed by atoms with van der Waals surface area (Å²) in [6, 6.07) is 0.554. The lowest BCUT2D eigenvalue weighted by Crippen LogP contribution is -2.63. The first-order valence-electron chi connectivity index (χ1n) is 8.46. The first-order valence-corrected chi connectivity index (χ1v) is 8.46. The molecule has 1 atom stereocenters. The molecule has 114 valence electrons. The fraction of sp³-hybridized carbons (Fsp3) is 0.938. The van der Waals surface area contributed by atoms with Gasteiger partial charge in [0.05, 0.1) is 0 Å². The van der Waals surface area contributed by atoms with E-state index in [1.165, 1.54) is 51.6 Å². The van der Waals surface area contributed by atoms with E-state index in [0.29, 0.717) is 6.04 Å². The average Bonchev–Trinajstić information content (AvgIpc) is 2.47. The standard InChI is InChI=1S/C16H28N2O2/c19-15(13-7-3-1-4-8-13)16(20)18-11-14(12-18)17-9-5-2-6-10-17/h13-15,19H,1-12H2/t15-/m1/s1. The number of nitrogens with zero attached hydrogens (tertiary/aromatic N) is 2. The Morgan fingerprint density at radius 1 is 0.950 bits per heavy atom. The van der Waals surface area contributed by atoms with Crippen molar-refractivity contribution in [3.63, 3.8) is 0 Å². The van der Waals surface area contributed by atoms with Crippen molar-refractivity contribution in [3.05, 3.63) is 0 Å². The molecular weight excluding hydrogens is 252 g/mol. The van der Waals surface area contributed by atoms with Crippen molar-refractivity contribution in [3.8, 4) is 0 Å². The van der Waals surface area contributed by atoms with Crippen molar-refractivity contribution in [1.82, 2.24) is 9.80 Å². The molecule has 3 rings (SSSR count). The second-order valence-electron chi connectivity index (χ2n) is 6.84. The van der Waals surface area contributed by atoms with Crippen LogP contribution in [0.1, 0.15) is 51.4 Å². The fourth-order valence-electron chi connectivity index (χ4n) is 3.99. The lowest BCUT2D eigenvalue weighted by atomic mass is 9.84. The van der Waals surface area contributed by atoms with Crippen molar-refractivity contribution in [2.45, 2.75) is 63.5 Å². The van der Waals surface area contributed by atoms with Gasteiger partial charge >= 0.3 is 0 Å². The number of hydrogen-bond acceptors (Lipinski definition) is 3. The highest BCUT2D eigenvalue weighted by atomic mass is 16.3. The van der Waals surface area contributed by atoms with E-state index < -0.39 is 6.10 Å². The molecule has 1 saturated carbocycles. The molecule has 0 aromatic carbocycles. The molecule has 1 amide bonds. The van der Waals surface area contributed by atoms with E-state index in [-0.39, 0.29) is 11.8 Å². The van der Waals surface area contributed by atoms with Crippen LogP contribution in [0.25, 0.3) is 0 Å². The fourth-order valence-corrected chi connectivity index (χ4v) is 3.99. The number of piperidine rings is 1. The van der Waals surface area contributed by atoms with Crippen LogP contribution in [0.3, 0.4) is 0 Å². The minimum Gasteiger partial charge on any atom is -0.383 e. The van der Waals surface area contributed by atoms with Crippen molar-refractivity contribution < 1.29 is 9.90 Å². The third kappa shape index (κ3) is 3.01. The van der Waals surface area contributed by atoms with Crippen LogP contribution in [0.15, 0.2) is 0 Å². The summed E-state index contributed by atoms with van der Waals surface area (Å²) in [7, 11) is 0. The molecule has 4 heteroatoms. The van der Waals surface area contributed by atoms with Gasteiger partial charge in [-0.05, 0) is 44.7 Å². The van der Waals surface area contributed by atoms with Crippen LogP contribution in [0, 0.1) is 5.92 Å². The van der Waals surface area contributed by atoms with Gasteiger partial charge in [0.15, 0.2) is 0 Å². The van der Waals surface area contributed by atoms with E-state index in [1.807, 2.05) is 4.90 Å². The molecule has 0 radical (unpaired) electrons. The van der Waals surface area contributed by atoms with Gasteiger partial charge in [-0.1, -0.05) is 25.7 Å². The summed E-state index contributed by atoms with van der Waals surface area (Å²) in [5.41, 5.74) is 0. The van der Waals surface area contributed by atoms with Gasteiger partial charge in [-0.2, -0.15) is 0 Å². The van der Waals surface area contributed by atoms with Gasteiger partial charge in [0, 0.05) is 19.1 Å². The van der Waals surface area contributed by atoms with Gasteiger partial charge in [0.1, 0.15) is 6.10 Å². The van der Waals surface area contributed by atoms with Gasteiger partial charge in [-0.25, -0.2) is 0 Å². The summed E-state index contributed by atoms with van der Waals surface area (Å²) in [4.78, 5) is 16.7. The maximum absolute atomic E-state index is 12.3. The zero-order valence-corrected chi connectivity index (χ0v) is 12.5. The number of hydrogen-bond donors (Lipinski definition) is 1. The Morgan fingerprint density at radius 3 is 2.20 bits per heavy atom. The molecule has 1 N–H and O–H groups in total. The van der Waals surface area contributed by atoms with Gasteiger partial charge in [0.2, 0.25) is 0 Å². The summed E-state index contributed by atoms with van der Waals surface area (Å²) < 4.78 is 0. The molecular formula is C16H28N2O2. The largest absolute Gasteiger partial charge is 0.383 e. The Bertz CT molecular complexity index is 329. The smallest absolute Gasteiger partial charge is 0.251 e. The van der Waals surface area contributed by atoms with Crippen molar-refractivity contribution >= 4 is 5.91 Å². The molecule has 2 aliphatic heterocycles. The first-order chi connectivity index (χ1) is 9.75. The highest BCUT2D eigenvalue weighted by Gasteiger charge is 2.39. The second kappa shape index (κ2) is 6.44. The van der Waals surface area contributed by atoms with E-state index in [1.54, 1.807) is 0 Å². The Hall–Kier alpha value is -0.610. The van der Waals surface area contributed by atoms with Gasteiger partial charge in [-0.3, -0.25) is 9.69 Å². The van der Waals surface area contributed by atoms with Crippen LogP contribution in [0.4, 0.5) is 0 Å². The topological polar surface area (TPSA) is 43.8 Å². The number of aliphatic hydroxyl groups is 1. The number of carbonyl (C=O) groups is 1. The monoisotopic (exact) mass is 280 g/mol. The van der Waals surface area contributed by atoms with Crippen LogP contribution in [0.2, 0.25) is 0 Å². The van der Waals surface area contributed by atoms with Crippen LogP contribution < -0.4 is 0 Å². The molecule has 0 aromatic rings. The number of likely N-dealkylation sites (tertiary alicyclic amines) is 2. The molecule has 3 aliphatic rings. The zero-order valence-electron chi connectivity index (χ0n) is 12.5. The minimum atomic E-state index is -0.738. The number of carbonyl (C=O) groups excluding carboxylic acids is 1. The average molecular weight is 280 g/mol. The van der Waals surface area contributed by atoms with E-state index in [2.05, 4.69) is 4.90 Å². The van der Waals surface area contributed by atoms with Gasteiger partial charge < -0.3 is 10.0 Å². The third-order valence-corrected chi connectivity index (χ3v) is 5.43. The first kappa shape index (κ1) is 14.3. The maximum Gasteiger partial charge on any atom is 0.251 e. The molecule has 4 nitrogen and oxygen atoms in total. The molecule has 20 heavy (non-hydrogen) atoms. The molecule has 2 heterocycles. The maximum atomic E-state index is 12.3. The van der Waals surface area contributed by atoms with Crippen LogP contribution in [-0.4, -0.2) is 59.1 Å². The molecule has 2 saturated heterocycles. The second-order valence-corrected chi connectivity index (χ2v) is 6.84. The zero-order chi connectivity index (χ0) is 13.9. The molecule has 0 unspecified atom stereocenters. The van der Waals surface area contributed by atoms with Crippen molar-refractivity contribution in [2.24, 2.45) is 5.92 Å². The molecule has 3 fully saturated rings. The minimum absolute atomic E-state index is 0.00911. The quantitative estimate of drug-likeness (QED) is 0.854. The van der Waals surface area contributed by atoms with Gasteiger partial charge in [-0.15, -0.1) is 0 Å². The van der Waals surface area contributed by atoms with Crippen LogP contribution in [-0.2, 0) is 4.79 Å². The Morgan fingerprint density at radius 2 is 1.55 bits per heavy atom. The summed E-state index contributed by atoms with van der Waals surface area (Å²) in [5.74, 6) is 0.204. The normalized spacial score (nSPS) is 28.1. The number of rotatable bonds is 3. The van der Waals surface area contributed by atoms with E-state index in [0.717, 1.165) is 25.9 Å². The molecule has 0 spiro atoms. The predicted octanol–water partition coefficient (Wildman–Crippen LogP) is 1.62. The Kier molecular flexibility index (Phi) is 4.61. The van der Waals surface area contributed by atoms with Crippen LogP contribution >= 0.6 is 0 Å². The molecule has 0 bridgehead atoms. The molecule has 1 aliphatic carbocycles. The molecule has 0 aromatic heterocycles. The Balaban J connectivity index is 1.45. The summed E-state index contributed by atoms with van der Waals surface area (Å²) >= 11 is 0. The highest BCUT2D eigenvalue weighted by molar-refractivity contribution is 5.81.